The van der Waals surface area contributed by atoms with Gasteiger partial charge in [0, 0.05) is 16.8 Å². The summed E-state index contributed by atoms with van der Waals surface area (Å²) in [7, 11) is 1.29. The average Bonchev–Trinajstić information content (AvgIpc) is 2.63. The van der Waals surface area contributed by atoms with Gasteiger partial charge in [0.25, 0.3) is 0 Å². The number of carbonyl (C=O) groups excluding carboxylic acids is 2. The zero-order valence-corrected chi connectivity index (χ0v) is 16.5. The highest BCUT2D eigenvalue weighted by Gasteiger charge is 2.15. The summed E-state index contributed by atoms with van der Waals surface area (Å²) in [5.41, 5.74) is 2.14. The average molecular weight is 413 g/mol. The largest absolute Gasteiger partial charge is 0.465 e. The molecule has 0 aliphatic carbocycles. The second kappa shape index (κ2) is 9.17. The van der Waals surface area contributed by atoms with E-state index < -0.39 is 11.8 Å². The van der Waals surface area contributed by atoms with Gasteiger partial charge in [0.1, 0.15) is 5.82 Å². The first kappa shape index (κ1) is 21.2. The molecule has 2 aromatic carbocycles. The van der Waals surface area contributed by atoms with Crippen molar-refractivity contribution in [2.24, 2.45) is 0 Å². The van der Waals surface area contributed by atoms with Gasteiger partial charge in [0.15, 0.2) is 0 Å². The molecular weight excluding hydrogens is 394 g/mol. The summed E-state index contributed by atoms with van der Waals surface area (Å²) in [6.07, 6.45) is 0. The lowest BCUT2D eigenvalue weighted by molar-refractivity contribution is -0.115. The maximum atomic E-state index is 13.6. The van der Waals surface area contributed by atoms with E-state index in [0.29, 0.717) is 21.8 Å². The lowest BCUT2D eigenvalue weighted by Gasteiger charge is -2.17. The lowest BCUT2D eigenvalue weighted by atomic mass is 10.1. The van der Waals surface area contributed by atoms with E-state index in [4.69, 9.17) is 23.2 Å². The summed E-state index contributed by atoms with van der Waals surface area (Å²) in [6, 6.07) is 7.08. The Kier molecular flexibility index (Phi) is 7.18. The Balaban J connectivity index is 2.02. The number of ether oxygens (including phenoxy) is 1. The Morgan fingerprint density at radius 2 is 1.89 bits per heavy atom. The van der Waals surface area contributed by atoms with Crippen LogP contribution < -0.4 is 10.6 Å². The van der Waals surface area contributed by atoms with Crippen LogP contribution in [0.5, 0.6) is 0 Å². The van der Waals surface area contributed by atoms with Crippen molar-refractivity contribution in [1.82, 2.24) is 5.32 Å². The molecule has 2 aromatic rings. The van der Waals surface area contributed by atoms with Crippen molar-refractivity contribution in [3.63, 3.8) is 0 Å². The standard InChI is InChI=1S/C19H19Cl2FN2O3/c1-10-4-5-12(19(26)27-3)6-17(10)24-18(25)9-23-11(2)13-7-16(22)15(21)8-14(13)20/h4-8,11,23H,9H2,1-3H3,(H,24,25)/t11-/m0/s1. The molecule has 0 unspecified atom stereocenters. The molecule has 0 heterocycles. The predicted molar refractivity (Wildman–Crippen MR) is 104 cm³/mol. The third-order valence-corrected chi connectivity index (χ3v) is 4.62. The number of esters is 1. The molecule has 1 atom stereocenters. The molecule has 0 aliphatic rings. The van der Waals surface area contributed by atoms with Crippen LogP contribution >= 0.6 is 23.2 Å². The fourth-order valence-corrected chi connectivity index (χ4v) is 2.97. The molecule has 1 amide bonds. The molecule has 0 radical (unpaired) electrons. The third kappa shape index (κ3) is 5.42. The minimum atomic E-state index is -0.579. The number of hydrogen-bond acceptors (Lipinski definition) is 4. The molecule has 0 saturated heterocycles. The van der Waals surface area contributed by atoms with Crippen molar-refractivity contribution >= 4 is 40.8 Å². The van der Waals surface area contributed by atoms with Crippen molar-refractivity contribution in [2.75, 3.05) is 19.0 Å². The Hall–Kier alpha value is -2.15. The van der Waals surface area contributed by atoms with Gasteiger partial charge in [0.2, 0.25) is 5.91 Å². The van der Waals surface area contributed by atoms with Gasteiger partial charge < -0.3 is 15.4 Å². The number of carbonyl (C=O) groups is 2. The third-order valence-electron chi connectivity index (χ3n) is 4.01. The summed E-state index contributed by atoms with van der Waals surface area (Å²) in [5, 5.41) is 5.96. The van der Waals surface area contributed by atoms with E-state index in [9.17, 15) is 14.0 Å². The second-order valence-corrected chi connectivity index (χ2v) is 6.77. The van der Waals surface area contributed by atoms with Gasteiger partial charge in [-0.2, -0.15) is 0 Å². The van der Waals surface area contributed by atoms with Gasteiger partial charge >= 0.3 is 5.97 Å². The van der Waals surface area contributed by atoms with E-state index in [1.165, 1.54) is 19.2 Å². The van der Waals surface area contributed by atoms with E-state index in [-0.39, 0.29) is 23.5 Å². The van der Waals surface area contributed by atoms with Crippen molar-refractivity contribution in [3.05, 3.63) is 62.9 Å². The number of amides is 1. The zero-order chi connectivity index (χ0) is 20.1. The first-order valence-corrected chi connectivity index (χ1v) is 8.85. The number of nitrogens with one attached hydrogen (secondary N) is 2. The van der Waals surface area contributed by atoms with Crippen LogP contribution in [0.3, 0.4) is 0 Å². The molecule has 27 heavy (non-hydrogen) atoms. The fourth-order valence-electron chi connectivity index (χ4n) is 2.42. The molecular formula is C19H19Cl2FN2O3. The van der Waals surface area contributed by atoms with Crippen molar-refractivity contribution < 1.29 is 18.7 Å². The maximum Gasteiger partial charge on any atom is 0.337 e. The van der Waals surface area contributed by atoms with Crippen molar-refractivity contribution in [1.29, 1.82) is 0 Å². The van der Waals surface area contributed by atoms with Crippen molar-refractivity contribution in [2.45, 2.75) is 19.9 Å². The van der Waals surface area contributed by atoms with Crippen LogP contribution in [0, 0.1) is 12.7 Å². The lowest BCUT2D eigenvalue weighted by Crippen LogP contribution is -2.30. The molecule has 5 nitrogen and oxygen atoms in total. The van der Waals surface area contributed by atoms with Crippen molar-refractivity contribution in [3.8, 4) is 0 Å². The Bertz CT molecular complexity index is 874. The molecule has 0 aliphatic heterocycles. The molecule has 0 spiro atoms. The highest BCUT2D eigenvalue weighted by Crippen LogP contribution is 2.28. The number of anilines is 1. The van der Waals surface area contributed by atoms with Crippen LogP contribution in [0.15, 0.2) is 30.3 Å². The molecule has 2 rings (SSSR count). The zero-order valence-electron chi connectivity index (χ0n) is 15.0. The number of halogens is 3. The predicted octanol–water partition coefficient (Wildman–Crippen LogP) is 4.52. The molecule has 144 valence electrons. The van der Waals surface area contributed by atoms with Crippen LogP contribution in [0.1, 0.15) is 34.5 Å². The molecule has 0 fully saturated rings. The van der Waals surface area contributed by atoms with E-state index in [0.717, 1.165) is 5.56 Å². The van der Waals surface area contributed by atoms with Crippen LogP contribution in [-0.4, -0.2) is 25.5 Å². The quantitative estimate of drug-likeness (QED) is 0.540. The minimum absolute atomic E-state index is 0.0381. The first-order chi connectivity index (χ1) is 12.7. The van der Waals surface area contributed by atoms with Crippen LogP contribution in [0.4, 0.5) is 10.1 Å². The number of methoxy groups -OCH3 is 1. The van der Waals surface area contributed by atoms with Gasteiger partial charge in [-0.1, -0.05) is 29.3 Å². The Labute approximate surface area is 166 Å². The summed E-state index contributed by atoms with van der Waals surface area (Å²) in [4.78, 5) is 23.9. The summed E-state index contributed by atoms with van der Waals surface area (Å²) in [6.45, 7) is 3.53. The summed E-state index contributed by atoms with van der Waals surface area (Å²) < 4.78 is 18.3. The van der Waals surface area contributed by atoms with Gasteiger partial charge in [-0.3, -0.25) is 4.79 Å². The summed E-state index contributed by atoms with van der Waals surface area (Å²) >= 11 is 11.8. The van der Waals surface area contributed by atoms with Crippen LogP contribution in [-0.2, 0) is 9.53 Å². The molecule has 0 aromatic heterocycles. The second-order valence-electron chi connectivity index (χ2n) is 5.96. The van der Waals surface area contributed by atoms with Gasteiger partial charge in [-0.05, 0) is 49.2 Å². The topological polar surface area (TPSA) is 67.4 Å². The molecule has 0 saturated carbocycles. The number of rotatable bonds is 6. The van der Waals surface area contributed by atoms with Crippen LogP contribution in [0.2, 0.25) is 10.0 Å². The van der Waals surface area contributed by atoms with Gasteiger partial charge in [-0.15, -0.1) is 0 Å². The molecule has 0 bridgehead atoms. The fraction of sp³-hybridized carbons (Fsp3) is 0.263. The number of aryl methyl sites for hydroxylation is 1. The highest BCUT2D eigenvalue weighted by molar-refractivity contribution is 6.35. The number of hydrogen-bond donors (Lipinski definition) is 2. The van der Waals surface area contributed by atoms with E-state index in [2.05, 4.69) is 15.4 Å². The number of benzene rings is 2. The van der Waals surface area contributed by atoms with Gasteiger partial charge in [-0.25, -0.2) is 9.18 Å². The molecule has 2 N–H and O–H groups in total. The summed E-state index contributed by atoms with van der Waals surface area (Å²) in [5.74, 6) is -1.39. The van der Waals surface area contributed by atoms with Gasteiger partial charge in [0.05, 0.1) is 24.2 Å². The van der Waals surface area contributed by atoms with E-state index in [1.807, 2.05) is 6.92 Å². The normalized spacial score (nSPS) is 11.8. The SMILES string of the molecule is COC(=O)c1ccc(C)c(NC(=O)CN[C@@H](C)c2cc(F)c(Cl)cc2Cl)c1. The molecule has 8 heteroatoms. The Morgan fingerprint density at radius 3 is 2.56 bits per heavy atom. The smallest absolute Gasteiger partial charge is 0.337 e. The van der Waals surface area contributed by atoms with E-state index in [1.54, 1.807) is 25.1 Å². The monoisotopic (exact) mass is 412 g/mol. The minimum Gasteiger partial charge on any atom is -0.465 e. The van der Waals surface area contributed by atoms with Crippen LogP contribution in [0.25, 0.3) is 0 Å². The van der Waals surface area contributed by atoms with E-state index >= 15 is 0 Å². The maximum absolute atomic E-state index is 13.6. The Morgan fingerprint density at radius 1 is 1.19 bits per heavy atom. The first-order valence-electron chi connectivity index (χ1n) is 8.09. The highest BCUT2D eigenvalue weighted by atomic mass is 35.5.